The Kier molecular flexibility index (Phi) is 5.78. The molecule has 0 saturated heterocycles. The molecule has 3 aromatic rings. The van der Waals surface area contributed by atoms with Crippen LogP contribution in [0.1, 0.15) is 38.1 Å². The van der Waals surface area contributed by atoms with Crippen LogP contribution >= 0.6 is 0 Å². The van der Waals surface area contributed by atoms with Gasteiger partial charge in [0.2, 0.25) is 0 Å². The van der Waals surface area contributed by atoms with Gasteiger partial charge in [-0.05, 0) is 44.9 Å². The number of benzene rings is 2. The second-order valence-electron chi connectivity index (χ2n) is 7.74. The third kappa shape index (κ3) is 4.97. The van der Waals surface area contributed by atoms with E-state index >= 15 is 0 Å². The lowest BCUT2D eigenvalue weighted by Crippen LogP contribution is -2.31. The smallest absolute Gasteiger partial charge is 0.333 e. The zero-order valence-corrected chi connectivity index (χ0v) is 16.8. The lowest BCUT2D eigenvalue weighted by Gasteiger charge is -2.25. The Labute approximate surface area is 166 Å². The molecule has 0 aliphatic carbocycles. The van der Waals surface area contributed by atoms with Crippen LogP contribution in [0.4, 0.5) is 5.69 Å². The van der Waals surface area contributed by atoms with Gasteiger partial charge < -0.3 is 10.1 Å². The van der Waals surface area contributed by atoms with Crippen LogP contribution in [-0.4, -0.2) is 16.6 Å². The molecule has 144 valence electrons. The molecule has 0 fully saturated rings. The maximum Gasteiger partial charge on any atom is 0.333 e. The lowest BCUT2D eigenvalue weighted by atomic mass is 10.0. The quantitative estimate of drug-likeness (QED) is 0.595. The van der Waals surface area contributed by atoms with Crippen molar-refractivity contribution >= 4 is 11.7 Å². The number of aromatic nitrogens is 1. The molecule has 0 aliphatic rings. The SMILES string of the molecule is Cc1ncc(NC(C(=O)OC(C)(C)C)c2ccccc2)cc1-c1ccccc1. The Morgan fingerprint density at radius 3 is 2.21 bits per heavy atom. The van der Waals surface area contributed by atoms with Gasteiger partial charge in [-0.15, -0.1) is 0 Å². The summed E-state index contributed by atoms with van der Waals surface area (Å²) in [6.07, 6.45) is 1.75. The van der Waals surface area contributed by atoms with Gasteiger partial charge in [0.25, 0.3) is 0 Å². The van der Waals surface area contributed by atoms with Crippen molar-refractivity contribution in [1.29, 1.82) is 0 Å². The summed E-state index contributed by atoms with van der Waals surface area (Å²) in [5.74, 6) is -0.319. The van der Waals surface area contributed by atoms with E-state index < -0.39 is 11.6 Å². The van der Waals surface area contributed by atoms with E-state index in [0.29, 0.717) is 0 Å². The summed E-state index contributed by atoms with van der Waals surface area (Å²) in [7, 11) is 0. The molecule has 4 nitrogen and oxygen atoms in total. The Bertz CT molecular complexity index is 932. The number of carbonyl (C=O) groups is 1. The van der Waals surface area contributed by atoms with Gasteiger partial charge >= 0.3 is 5.97 Å². The summed E-state index contributed by atoms with van der Waals surface area (Å²) in [6, 6.07) is 21.1. The van der Waals surface area contributed by atoms with Crippen molar-refractivity contribution in [3.63, 3.8) is 0 Å². The minimum absolute atomic E-state index is 0.319. The zero-order valence-electron chi connectivity index (χ0n) is 16.8. The first kappa shape index (κ1) is 19.6. The molecule has 1 heterocycles. The number of ether oxygens (including phenoxy) is 1. The summed E-state index contributed by atoms with van der Waals surface area (Å²) < 4.78 is 5.64. The topological polar surface area (TPSA) is 51.2 Å². The van der Waals surface area contributed by atoms with E-state index in [1.807, 2.05) is 82.3 Å². The minimum Gasteiger partial charge on any atom is -0.458 e. The van der Waals surface area contributed by atoms with Crippen molar-refractivity contribution in [3.8, 4) is 11.1 Å². The van der Waals surface area contributed by atoms with Crippen molar-refractivity contribution in [2.45, 2.75) is 39.3 Å². The van der Waals surface area contributed by atoms with Gasteiger partial charge in [0, 0.05) is 11.3 Å². The van der Waals surface area contributed by atoms with E-state index in [1.165, 1.54) is 0 Å². The highest BCUT2D eigenvalue weighted by molar-refractivity contribution is 5.82. The summed E-state index contributed by atoms with van der Waals surface area (Å²) in [5, 5.41) is 3.32. The molecular weight excluding hydrogens is 348 g/mol. The largest absolute Gasteiger partial charge is 0.458 e. The molecule has 1 unspecified atom stereocenters. The van der Waals surface area contributed by atoms with Gasteiger partial charge in [0.15, 0.2) is 6.04 Å². The standard InChI is InChI=1S/C24H26N2O2/c1-17-21(18-11-7-5-8-12-18)15-20(16-25-17)26-22(19-13-9-6-10-14-19)23(27)28-24(2,3)4/h5-16,22,26H,1-4H3. The number of rotatable bonds is 5. The second kappa shape index (κ2) is 8.26. The van der Waals surface area contributed by atoms with E-state index in [2.05, 4.69) is 22.4 Å². The van der Waals surface area contributed by atoms with Crippen molar-refractivity contribution in [1.82, 2.24) is 4.98 Å². The predicted octanol–water partition coefficient (Wildman–Crippen LogP) is 5.55. The number of nitrogens with one attached hydrogen (secondary N) is 1. The molecule has 2 aromatic carbocycles. The number of hydrogen-bond donors (Lipinski definition) is 1. The molecule has 0 aliphatic heterocycles. The van der Waals surface area contributed by atoms with Crippen LogP contribution in [0.25, 0.3) is 11.1 Å². The molecule has 1 aromatic heterocycles. The summed E-state index contributed by atoms with van der Waals surface area (Å²) in [5.41, 5.74) is 4.10. The molecule has 0 bridgehead atoms. The highest BCUT2D eigenvalue weighted by Crippen LogP contribution is 2.28. The van der Waals surface area contributed by atoms with Gasteiger partial charge in [-0.1, -0.05) is 60.7 Å². The van der Waals surface area contributed by atoms with Crippen molar-refractivity contribution < 1.29 is 9.53 Å². The first-order valence-electron chi connectivity index (χ1n) is 9.40. The molecule has 0 saturated carbocycles. The molecule has 1 N–H and O–H groups in total. The van der Waals surface area contributed by atoms with Crippen LogP contribution < -0.4 is 5.32 Å². The van der Waals surface area contributed by atoms with E-state index in [-0.39, 0.29) is 5.97 Å². The van der Waals surface area contributed by atoms with E-state index in [9.17, 15) is 4.79 Å². The van der Waals surface area contributed by atoms with Gasteiger partial charge in [-0.3, -0.25) is 4.98 Å². The average Bonchev–Trinajstić information content (AvgIpc) is 2.67. The van der Waals surface area contributed by atoms with Crippen LogP contribution in [0, 0.1) is 6.92 Å². The van der Waals surface area contributed by atoms with Crippen molar-refractivity contribution in [2.24, 2.45) is 0 Å². The Morgan fingerprint density at radius 1 is 1.00 bits per heavy atom. The third-order valence-corrected chi connectivity index (χ3v) is 4.26. The monoisotopic (exact) mass is 374 g/mol. The maximum atomic E-state index is 12.9. The Balaban J connectivity index is 1.94. The van der Waals surface area contributed by atoms with Crippen LogP contribution in [0.5, 0.6) is 0 Å². The van der Waals surface area contributed by atoms with Crippen LogP contribution in [0.2, 0.25) is 0 Å². The minimum atomic E-state index is -0.617. The maximum absolute atomic E-state index is 12.9. The number of aryl methyl sites for hydroxylation is 1. The average molecular weight is 374 g/mol. The predicted molar refractivity (Wildman–Crippen MR) is 113 cm³/mol. The van der Waals surface area contributed by atoms with Gasteiger partial charge in [0.1, 0.15) is 5.60 Å². The highest BCUT2D eigenvalue weighted by atomic mass is 16.6. The normalized spacial score (nSPS) is 12.3. The first-order chi connectivity index (χ1) is 13.3. The highest BCUT2D eigenvalue weighted by Gasteiger charge is 2.27. The second-order valence-corrected chi connectivity index (χ2v) is 7.74. The third-order valence-electron chi connectivity index (χ3n) is 4.26. The summed E-state index contributed by atoms with van der Waals surface area (Å²) in [4.78, 5) is 17.4. The number of esters is 1. The van der Waals surface area contributed by atoms with E-state index in [1.54, 1.807) is 6.20 Å². The van der Waals surface area contributed by atoms with Gasteiger partial charge in [0.05, 0.1) is 11.9 Å². The molecule has 3 rings (SSSR count). The fourth-order valence-corrected chi connectivity index (χ4v) is 2.97. The molecular formula is C24H26N2O2. The van der Waals surface area contributed by atoms with Crippen LogP contribution in [0.15, 0.2) is 72.9 Å². The molecule has 1 atom stereocenters. The van der Waals surface area contributed by atoms with Gasteiger partial charge in [-0.25, -0.2) is 4.79 Å². The first-order valence-corrected chi connectivity index (χ1v) is 9.40. The number of nitrogens with zero attached hydrogens (tertiary/aromatic N) is 1. The van der Waals surface area contributed by atoms with Crippen molar-refractivity contribution in [3.05, 3.63) is 84.2 Å². The van der Waals surface area contributed by atoms with Crippen molar-refractivity contribution in [2.75, 3.05) is 5.32 Å². The lowest BCUT2D eigenvalue weighted by molar-refractivity contribution is -0.156. The fraction of sp³-hybridized carbons (Fsp3) is 0.250. The summed E-state index contributed by atoms with van der Waals surface area (Å²) in [6.45, 7) is 7.59. The fourth-order valence-electron chi connectivity index (χ4n) is 2.97. The Morgan fingerprint density at radius 2 is 1.61 bits per heavy atom. The van der Waals surface area contributed by atoms with Crippen LogP contribution in [0.3, 0.4) is 0 Å². The zero-order chi connectivity index (χ0) is 20.1. The molecule has 28 heavy (non-hydrogen) atoms. The molecule has 0 radical (unpaired) electrons. The van der Waals surface area contributed by atoms with E-state index in [4.69, 9.17) is 4.74 Å². The summed E-state index contributed by atoms with van der Waals surface area (Å²) >= 11 is 0. The van der Waals surface area contributed by atoms with E-state index in [0.717, 1.165) is 28.1 Å². The molecule has 4 heteroatoms. The molecule has 0 spiro atoms. The number of carbonyl (C=O) groups excluding carboxylic acids is 1. The van der Waals surface area contributed by atoms with Gasteiger partial charge in [-0.2, -0.15) is 0 Å². The number of hydrogen-bond acceptors (Lipinski definition) is 4. The van der Waals surface area contributed by atoms with Crippen LogP contribution in [-0.2, 0) is 9.53 Å². The Hall–Kier alpha value is -3.14. The molecule has 0 amide bonds. The number of pyridine rings is 1. The number of anilines is 1.